The molecule has 0 spiro atoms. The molecule has 0 aromatic rings. The molecule has 0 N–H and O–H groups in total. The van der Waals surface area contributed by atoms with Gasteiger partial charge in [-0.3, -0.25) is 4.90 Å². The van der Waals surface area contributed by atoms with E-state index in [0.717, 1.165) is 25.9 Å². The Kier molecular flexibility index (Phi) is 5.14. The summed E-state index contributed by atoms with van der Waals surface area (Å²) in [5.74, 6) is 6.71. The monoisotopic (exact) mass is 208 g/mol. The molecule has 86 valence electrons. The second kappa shape index (κ2) is 6.15. The van der Waals surface area contributed by atoms with Crippen LogP contribution in [0.4, 0.5) is 0 Å². The van der Waals surface area contributed by atoms with Crippen molar-refractivity contribution < 1.29 is 0 Å². The molecule has 2 nitrogen and oxygen atoms in total. The molecule has 1 aliphatic rings. The number of likely N-dealkylation sites (N-methyl/N-ethyl adjacent to an activating group) is 1. The number of hydrogen-bond donors (Lipinski definition) is 0. The van der Waals surface area contributed by atoms with Crippen LogP contribution in [0.3, 0.4) is 0 Å². The maximum atomic E-state index is 3.42. The molecule has 0 radical (unpaired) electrons. The topological polar surface area (TPSA) is 6.48 Å². The summed E-state index contributed by atoms with van der Waals surface area (Å²) in [7, 11) is 2.19. The lowest BCUT2D eigenvalue weighted by Gasteiger charge is -2.39. The van der Waals surface area contributed by atoms with Crippen LogP contribution < -0.4 is 0 Å². The molecule has 15 heavy (non-hydrogen) atoms. The van der Waals surface area contributed by atoms with Gasteiger partial charge in [0.05, 0.1) is 6.04 Å². The summed E-state index contributed by atoms with van der Waals surface area (Å²) in [5, 5.41) is 0. The molecule has 0 amide bonds. The molecule has 0 aromatic carbocycles. The van der Waals surface area contributed by atoms with Crippen LogP contribution in [-0.2, 0) is 0 Å². The maximum Gasteiger partial charge on any atom is 0.0845 e. The van der Waals surface area contributed by atoms with Gasteiger partial charge in [0.2, 0.25) is 0 Å². The van der Waals surface area contributed by atoms with E-state index >= 15 is 0 Å². The quantitative estimate of drug-likeness (QED) is 0.639. The Labute approximate surface area is 94.6 Å². The van der Waals surface area contributed by atoms with Crippen molar-refractivity contribution in [2.45, 2.75) is 45.7 Å². The van der Waals surface area contributed by atoms with E-state index in [1.54, 1.807) is 0 Å². The first kappa shape index (κ1) is 12.5. The number of unbranched alkanes of at least 4 members (excludes halogenated alkanes) is 1. The van der Waals surface area contributed by atoms with E-state index in [1.807, 2.05) is 0 Å². The Hall–Kier alpha value is -0.520. The van der Waals surface area contributed by atoms with Crippen molar-refractivity contribution in [3.63, 3.8) is 0 Å². The van der Waals surface area contributed by atoms with E-state index < -0.39 is 0 Å². The first-order chi connectivity index (χ1) is 7.15. The summed E-state index contributed by atoms with van der Waals surface area (Å²) in [6, 6.07) is 1.05. The van der Waals surface area contributed by atoms with E-state index in [4.69, 9.17) is 0 Å². The molecule has 0 bridgehead atoms. The lowest BCUT2D eigenvalue weighted by atomic mass is 10.1. The van der Waals surface area contributed by atoms with Crippen molar-refractivity contribution in [3.05, 3.63) is 0 Å². The summed E-state index contributed by atoms with van der Waals surface area (Å²) in [6.07, 6.45) is 2.20. The minimum absolute atomic E-state index is 0.440. The molecule has 1 unspecified atom stereocenters. The van der Waals surface area contributed by atoms with Gasteiger partial charge >= 0.3 is 0 Å². The standard InChI is InChI=1S/C13H24N2/c1-5-6-7-8-13-11-14(4)9-10-15(13)12(2)3/h12-13H,5-6,9-11H2,1-4H3. The second-order valence-corrected chi connectivity index (χ2v) is 4.68. The van der Waals surface area contributed by atoms with Gasteiger partial charge in [0.1, 0.15) is 0 Å². The molecule has 1 atom stereocenters. The van der Waals surface area contributed by atoms with Crippen molar-refractivity contribution >= 4 is 0 Å². The number of piperazine rings is 1. The molecule has 1 rings (SSSR count). The average molecular weight is 208 g/mol. The molecule has 1 saturated heterocycles. The highest BCUT2D eigenvalue weighted by Gasteiger charge is 2.25. The summed E-state index contributed by atoms with van der Waals surface area (Å²) in [4.78, 5) is 4.90. The predicted molar refractivity (Wildman–Crippen MR) is 65.8 cm³/mol. The third-order valence-corrected chi connectivity index (χ3v) is 2.93. The molecule has 1 fully saturated rings. The zero-order valence-corrected chi connectivity index (χ0v) is 10.6. The normalized spacial score (nSPS) is 23.9. The molecule has 0 aromatic heterocycles. The first-order valence-electron chi connectivity index (χ1n) is 6.07. The zero-order valence-electron chi connectivity index (χ0n) is 10.6. The van der Waals surface area contributed by atoms with E-state index in [0.29, 0.717) is 12.1 Å². The highest BCUT2D eigenvalue weighted by atomic mass is 15.3. The third kappa shape index (κ3) is 3.85. The lowest BCUT2D eigenvalue weighted by molar-refractivity contribution is 0.0929. The number of rotatable bonds is 2. The van der Waals surface area contributed by atoms with E-state index in [9.17, 15) is 0 Å². The molecule has 0 aliphatic carbocycles. The molecule has 1 aliphatic heterocycles. The highest BCUT2D eigenvalue weighted by molar-refractivity contribution is 5.10. The van der Waals surface area contributed by atoms with Crippen molar-refractivity contribution in [3.8, 4) is 11.8 Å². The Morgan fingerprint density at radius 2 is 2.07 bits per heavy atom. The van der Waals surface area contributed by atoms with E-state index in [1.165, 1.54) is 6.54 Å². The Morgan fingerprint density at radius 1 is 1.33 bits per heavy atom. The SMILES string of the molecule is CCCC#CC1CN(C)CCN1C(C)C. The van der Waals surface area contributed by atoms with E-state index in [2.05, 4.69) is 49.5 Å². The smallest absolute Gasteiger partial charge is 0.0845 e. The highest BCUT2D eigenvalue weighted by Crippen LogP contribution is 2.11. The lowest BCUT2D eigenvalue weighted by Crippen LogP contribution is -2.53. The van der Waals surface area contributed by atoms with Gasteiger partial charge in [-0.25, -0.2) is 0 Å². The second-order valence-electron chi connectivity index (χ2n) is 4.68. The van der Waals surface area contributed by atoms with E-state index in [-0.39, 0.29) is 0 Å². The van der Waals surface area contributed by atoms with Gasteiger partial charge in [-0.2, -0.15) is 0 Å². The largest absolute Gasteiger partial charge is 0.303 e. The van der Waals surface area contributed by atoms with Gasteiger partial charge in [0.25, 0.3) is 0 Å². The summed E-state index contributed by atoms with van der Waals surface area (Å²) >= 11 is 0. The third-order valence-electron chi connectivity index (χ3n) is 2.93. The van der Waals surface area contributed by atoms with Crippen molar-refractivity contribution in [2.24, 2.45) is 0 Å². The van der Waals surface area contributed by atoms with Gasteiger partial charge in [-0.15, -0.1) is 5.92 Å². The van der Waals surface area contributed by atoms with Crippen molar-refractivity contribution in [2.75, 3.05) is 26.7 Å². The number of nitrogens with zero attached hydrogens (tertiary/aromatic N) is 2. The van der Waals surface area contributed by atoms with Crippen LogP contribution in [0.15, 0.2) is 0 Å². The minimum atomic E-state index is 0.440. The van der Waals surface area contributed by atoms with Crippen LogP contribution in [0, 0.1) is 11.8 Å². The minimum Gasteiger partial charge on any atom is -0.303 e. The Morgan fingerprint density at radius 3 is 2.67 bits per heavy atom. The van der Waals surface area contributed by atoms with Gasteiger partial charge in [-0.05, 0) is 27.3 Å². The van der Waals surface area contributed by atoms with Crippen LogP contribution in [-0.4, -0.2) is 48.6 Å². The van der Waals surface area contributed by atoms with Crippen molar-refractivity contribution in [1.82, 2.24) is 9.80 Å². The van der Waals surface area contributed by atoms with Crippen LogP contribution >= 0.6 is 0 Å². The summed E-state index contributed by atoms with van der Waals surface area (Å²) in [5.41, 5.74) is 0. The average Bonchev–Trinajstić information content (AvgIpc) is 2.18. The fourth-order valence-electron chi connectivity index (χ4n) is 2.00. The molecular formula is C13H24N2. The summed E-state index contributed by atoms with van der Waals surface area (Å²) < 4.78 is 0. The van der Waals surface area contributed by atoms with Gasteiger partial charge < -0.3 is 4.90 Å². The van der Waals surface area contributed by atoms with Gasteiger partial charge in [0.15, 0.2) is 0 Å². The summed E-state index contributed by atoms with van der Waals surface area (Å²) in [6.45, 7) is 10.1. The predicted octanol–water partition coefficient (Wildman–Crippen LogP) is 1.81. The first-order valence-corrected chi connectivity index (χ1v) is 6.07. The maximum absolute atomic E-state index is 3.42. The molecule has 1 heterocycles. The molecular weight excluding hydrogens is 184 g/mol. The zero-order chi connectivity index (χ0) is 11.3. The van der Waals surface area contributed by atoms with Crippen molar-refractivity contribution in [1.29, 1.82) is 0 Å². The molecule has 0 saturated carbocycles. The fourth-order valence-corrected chi connectivity index (χ4v) is 2.00. The Balaban J connectivity index is 2.59. The Bertz CT molecular complexity index is 237. The molecule has 2 heteroatoms. The van der Waals surface area contributed by atoms with Crippen LogP contribution in [0.1, 0.15) is 33.6 Å². The van der Waals surface area contributed by atoms with Crippen LogP contribution in [0.25, 0.3) is 0 Å². The van der Waals surface area contributed by atoms with Gasteiger partial charge in [-0.1, -0.05) is 12.8 Å². The fraction of sp³-hybridized carbons (Fsp3) is 0.846. The van der Waals surface area contributed by atoms with Gasteiger partial charge in [0, 0.05) is 32.1 Å². The van der Waals surface area contributed by atoms with Crippen LogP contribution in [0.5, 0.6) is 0 Å². The number of hydrogen-bond acceptors (Lipinski definition) is 2. The van der Waals surface area contributed by atoms with Crippen LogP contribution in [0.2, 0.25) is 0 Å².